The number of nitrogens with zero attached hydrogens (tertiary/aromatic N) is 7. The molecule has 0 aromatic heterocycles. The molecule has 4 aromatic carbocycles. The number of hydrogen-bond donors (Lipinski definition) is 0. The summed E-state index contributed by atoms with van der Waals surface area (Å²) >= 11 is 0. The molecule has 0 radical (unpaired) electrons. The second-order valence-corrected chi connectivity index (χ2v) is 9.24. The predicted octanol–water partition coefficient (Wildman–Crippen LogP) is 4.28. The minimum Gasteiger partial charge on any atom is -0.371 e. The smallest absolute Gasteiger partial charge is 0.332 e. The van der Waals surface area contributed by atoms with E-state index in [0.29, 0.717) is 45.0 Å². The van der Waals surface area contributed by atoms with Crippen molar-refractivity contribution in [1.29, 1.82) is 21.0 Å². The van der Waals surface area contributed by atoms with Gasteiger partial charge in [0.1, 0.15) is 12.1 Å². The van der Waals surface area contributed by atoms with Crippen LogP contribution in [0.15, 0.2) is 72.8 Å². The number of rotatable bonds is 1. The fraction of sp³-hybridized carbons (Fsp3) is 0.0667. The van der Waals surface area contributed by atoms with Gasteiger partial charge in [0, 0.05) is 25.5 Å². The van der Waals surface area contributed by atoms with Gasteiger partial charge in [0.25, 0.3) is 0 Å². The maximum Gasteiger partial charge on any atom is 0.332 e. The van der Waals surface area contributed by atoms with Crippen molar-refractivity contribution in [3.63, 3.8) is 0 Å². The highest BCUT2D eigenvalue weighted by Crippen LogP contribution is 2.52. The van der Waals surface area contributed by atoms with Gasteiger partial charge in [0.05, 0.1) is 57.1 Å². The molecule has 8 heteroatoms. The van der Waals surface area contributed by atoms with Crippen LogP contribution >= 0.6 is 0 Å². The van der Waals surface area contributed by atoms with E-state index in [1.165, 1.54) is 0 Å². The van der Waals surface area contributed by atoms with Crippen molar-refractivity contribution >= 4 is 51.9 Å². The van der Waals surface area contributed by atoms with Gasteiger partial charge in [0.2, 0.25) is 0 Å². The molecule has 0 saturated carbocycles. The standard InChI is InChI=1S/C30H18BN7/c1-36-25-9-5-3-7-23(25)31(24-8-4-6-10-26(24)36)38-29-21(17-34)11-19(15-32)13-27(29)37(2)28-14-20(16-33)12-22(18-35)30(28)38/h3-14H,1-2H3. The number of anilines is 6. The number of fused-ring (bicyclic) bond motifs is 4. The SMILES string of the molecule is CN1c2ccccc2B(N2c3c(C#N)cc(C#N)cc3N(C)c3cc(C#N)cc(C#N)c32)c2ccccc21. The van der Waals surface area contributed by atoms with E-state index in [2.05, 4.69) is 58.3 Å². The van der Waals surface area contributed by atoms with E-state index < -0.39 is 0 Å². The molecule has 0 unspecified atom stereocenters. The molecule has 176 valence electrons. The van der Waals surface area contributed by atoms with E-state index in [9.17, 15) is 21.0 Å². The van der Waals surface area contributed by atoms with E-state index in [-0.39, 0.29) is 6.85 Å². The van der Waals surface area contributed by atoms with Crippen molar-refractivity contribution < 1.29 is 0 Å². The topological polar surface area (TPSA) is 105 Å². The van der Waals surface area contributed by atoms with E-state index in [4.69, 9.17) is 0 Å². The van der Waals surface area contributed by atoms with Gasteiger partial charge in [-0.3, -0.25) is 0 Å². The summed E-state index contributed by atoms with van der Waals surface area (Å²) < 4.78 is 0. The van der Waals surface area contributed by atoms with Gasteiger partial charge >= 0.3 is 6.85 Å². The van der Waals surface area contributed by atoms with Crippen LogP contribution in [0.3, 0.4) is 0 Å². The number of nitriles is 4. The highest BCUT2D eigenvalue weighted by atomic mass is 15.2. The van der Waals surface area contributed by atoms with E-state index in [1.54, 1.807) is 24.3 Å². The number of hydrogen-bond acceptors (Lipinski definition) is 7. The summed E-state index contributed by atoms with van der Waals surface area (Å²) in [6.45, 7) is -0.384. The lowest BCUT2D eigenvalue weighted by Gasteiger charge is -2.45. The summed E-state index contributed by atoms with van der Waals surface area (Å²) in [6.07, 6.45) is 0. The van der Waals surface area contributed by atoms with Crippen LogP contribution in [0.2, 0.25) is 0 Å². The van der Waals surface area contributed by atoms with Crippen molar-refractivity contribution in [3.05, 3.63) is 95.1 Å². The monoisotopic (exact) mass is 487 g/mol. The average Bonchev–Trinajstić information content (AvgIpc) is 2.97. The third-order valence-electron chi connectivity index (χ3n) is 7.33. The lowest BCUT2D eigenvalue weighted by Crippen LogP contribution is -2.60. The van der Waals surface area contributed by atoms with Crippen LogP contribution in [0.1, 0.15) is 22.3 Å². The molecule has 0 N–H and O–H groups in total. The molecule has 6 rings (SSSR count). The zero-order valence-corrected chi connectivity index (χ0v) is 20.6. The lowest BCUT2D eigenvalue weighted by molar-refractivity contribution is 1.14. The molecular weight excluding hydrogens is 469 g/mol. The van der Waals surface area contributed by atoms with Crippen LogP contribution in [0.4, 0.5) is 34.1 Å². The third kappa shape index (κ3) is 3.05. The molecule has 2 heterocycles. The Hall–Kier alpha value is -5.70. The summed E-state index contributed by atoms with van der Waals surface area (Å²) in [5, 5.41) is 40.0. The fourth-order valence-electron chi connectivity index (χ4n) is 5.68. The van der Waals surface area contributed by atoms with Gasteiger partial charge in [-0.1, -0.05) is 36.4 Å². The van der Waals surface area contributed by atoms with E-state index >= 15 is 0 Å². The van der Waals surface area contributed by atoms with Crippen molar-refractivity contribution in [1.82, 2.24) is 0 Å². The van der Waals surface area contributed by atoms with E-state index in [0.717, 1.165) is 22.3 Å². The third-order valence-corrected chi connectivity index (χ3v) is 7.33. The number of benzene rings is 4. The largest absolute Gasteiger partial charge is 0.371 e. The Bertz CT molecular complexity index is 1700. The molecule has 0 bridgehead atoms. The quantitative estimate of drug-likeness (QED) is 0.369. The van der Waals surface area contributed by atoms with Crippen LogP contribution < -0.4 is 25.5 Å². The molecule has 0 atom stereocenters. The van der Waals surface area contributed by atoms with Crippen LogP contribution in [0.5, 0.6) is 0 Å². The van der Waals surface area contributed by atoms with Crippen molar-refractivity contribution in [3.8, 4) is 24.3 Å². The first kappa shape index (κ1) is 22.7. The molecule has 7 nitrogen and oxygen atoms in total. The first-order valence-corrected chi connectivity index (χ1v) is 11.9. The molecule has 0 amide bonds. The minimum atomic E-state index is -0.384. The zero-order chi connectivity index (χ0) is 26.6. The molecule has 0 saturated heterocycles. The average molecular weight is 487 g/mol. The van der Waals surface area contributed by atoms with Crippen LogP contribution in [0, 0.1) is 45.3 Å². The van der Waals surface area contributed by atoms with Crippen molar-refractivity contribution in [2.24, 2.45) is 0 Å². The fourth-order valence-corrected chi connectivity index (χ4v) is 5.68. The maximum absolute atomic E-state index is 10.3. The Labute approximate surface area is 220 Å². The van der Waals surface area contributed by atoms with Gasteiger partial charge in [-0.15, -0.1) is 0 Å². The summed E-state index contributed by atoms with van der Waals surface area (Å²) in [5.74, 6) is 0. The summed E-state index contributed by atoms with van der Waals surface area (Å²) in [4.78, 5) is 6.05. The molecule has 38 heavy (non-hydrogen) atoms. The molecule has 4 aromatic rings. The summed E-state index contributed by atoms with van der Waals surface area (Å²) in [5.41, 5.74) is 7.96. The molecule has 2 aliphatic heterocycles. The molecule has 0 aliphatic carbocycles. The molecule has 0 fully saturated rings. The maximum atomic E-state index is 10.3. The van der Waals surface area contributed by atoms with Crippen LogP contribution in [-0.2, 0) is 0 Å². The highest BCUT2D eigenvalue weighted by Gasteiger charge is 2.43. The summed E-state index contributed by atoms with van der Waals surface area (Å²) in [7, 11) is 3.86. The van der Waals surface area contributed by atoms with Gasteiger partial charge in [-0.05, 0) is 47.3 Å². The lowest BCUT2D eigenvalue weighted by atomic mass is 9.46. The minimum absolute atomic E-state index is 0.332. The van der Waals surface area contributed by atoms with Gasteiger partial charge in [0.15, 0.2) is 0 Å². The van der Waals surface area contributed by atoms with Gasteiger partial charge in [-0.2, -0.15) is 21.0 Å². The van der Waals surface area contributed by atoms with Crippen LogP contribution in [0.25, 0.3) is 0 Å². The van der Waals surface area contributed by atoms with Crippen molar-refractivity contribution in [2.45, 2.75) is 0 Å². The Kier molecular flexibility index (Phi) is 5.06. The first-order valence-electron chi connectivity index (χ1n) is 11.9. The number of para-hydroxylation sites is 2. The molecule has 0 spiro atoms. The highest BCUT2D eigenvalue weighted by molar-refractivity contribution is 6.92. The van der Waals surface area contributed by atoms with E-state index in [1.807, 2.05) is 43.3 Å². The zero-order valence-electron chi connectivity index (χ0n) is 20.6. The molecular formula is C30H18BN7. The van der Waals surface area contributed by atoms with Crippen LogP contribution in [-0.4, -0.2) is 20.9 Å². The second-order valence-electron chi connectivity index (χ2n) is 9.24. The Balaban J connectivity index is 1.79. The van der Waals surface area contributed by atoms with Gasteiger partial charge < -0.3 is 14.6 Å². The first-order chi connectivity index (χ1) is 18.5. The summed E-state index contributed by atoms with van der Waals surface area (Å²) in [6, 6.07) is 31.8. The Morgan fingerprint density at radius 3 is 1.39 bits per heavy atom. The molecule has 2 aliphatic rings. The normalized spacial score (nSPS) is 12.7. The second kappa shape index (κ2) is 8.46. The van der Waals surface area contributed by atoms with Crippen molar-refractivity contribution in [2.75, 3.05) is 28.7 Å². The Morgan fingerprint density at radius 1 is 0.553 bits per heavy atom. The predicted molar refractivity (Wildman–Crippen MR) is 148 cm³/mol. The van der Waals surface area contributed by atoms with Gasteiger partial charge in [-0.25, -0.2) is 0 Å². The Morgan fingerprint density at radius 2 is 0.974 bits per heavy atom.